The van der Waals surface area contributed by atoms with Crippen molar-refractivity contribution in [1.29, 1.82) is 0 Å². The molecule has 0 amide bonds. The largest absolute Gasteiger partial charge is 0.416 e. The van der Waals surface area contributed by atoms with E-state index < -0.39 is 79.1 Å². The van der Waals surface area contributed by atoms with Crippen LogP contribution in [-0.4, -0.2) is 11.3 Å². The van der Waals surface area contributed by atoms with E-state index in [1.54, 1.807) is 24.3 Å². The van der Waals surface area contributed by atoms with Gasteiger partial charge in [0.1, 0.15) is 0 Å². The molecule has 2 aliphatic carbocycles. The van der Waals surface area contributed by atoms with Crippen molar-refractivity contribution in [2.24, 2.45) is 0 Å². The van der Waals surface area contributed by atoms with Gasteiger partial charge in [0.2, 0.25) is 0 Å². The lowest BCUT2D eigenvalue weighted by Crippen LogP contribution is -2.27. The third-order valence-corrected chi connectivity index (χ3v) is 14.4. The van der Waals surface area contributed by atoms with Crippen LogP contribution in [0, 0.1) is 0 Å². The molecule has 0 saturated carbocycles. The first-order chi connectivity index (χ1) is 25.7. The predicted molar refractivity (Wildman–Crippen MR) is 194 cm³/mol. The van der Waals surface area contributed by atoms with Crippen LogP contribution in [0.1, 0.15) is 29.2 Å². The summed E-state index contributed by atoms with van der Waals surface area (Å²) in [5.74, 6) is 0. The molecule has 286 valence electrons. The number of hydrogen-bond donors (Lipinski definition) is 0. The van der Waals surface area contributed by atoms with Crippen LogP contribution >= 0.6 is 15.8 Å². The monoisotopic (exact) mass is 810 g/mol. The fraction of sp³-hybridized carbons (Fsp3) is 0.171. The van der Waals surface area contributed by atoms with Gasteiger partial charge in [0.25, 0.3) is 0 Å². The Morgan fingerprint density at radius 2 is 0.909 bits per heavy atom. The second-order valence-electron chi connectivity index (χ2n) is 12.7. The fourth-order valence-electron chi connectivity index (χ4n) is 6.60. The molecule has 0 spiro atoms. The van der Waals surface area contributed by atoms with E-state index in [-0.39, 0.29) is 17.8 Å². The van der Waals surface area contributed by atoms with Crippen molar-refractivity contribution >= 4 is 37.1 Å². The smallest absolute Gasteiger partial charge is 0.166 e. The van der Waals surface area contributed by atoms with Crippen molar-refractivity contribution in [3.63, 3.8) is 0 Å². The molecule has 0 heterocycles. The summed E-state index contributed by atoms with van der Waals surface area (Å²) in [6, 6.07) is 20.4. The first-order valence-electron chi connectivity index (χ1n) is 16.5. The van der Waals surface area contributed by atoms with Crippen LogP contribution in [0.5, 0.6) is 0 Å². The SMILES string of the molecule is C[C@@H](C1=CC=C/C1=C1\C=CC=CC1P(c1ccccc1)c1ccccc1)P(c1cc(C(F)(F)F)cc(C(F)(F)F)c1)c1cc(C(F)(F)F)cc(C(F)(F)F)c1. The molecule has 6 rings (SSSR count). The van der Waals surface area contributed by atoms with Gasteiger partial charge in [0.15, 0.2) is 0 Å². The minimum Gasteiger partial charge on any atom is -0.166 e. The van der Waals surface area contributed by atoms with Crippen molar-refractivity contribution in [2.75, 3.05) is 0 Å². The third-order valence-electron chi connectivity index (χ3n) is 9.05. The van der Waals surface area contributed by atoms with Gasteiger partial charge in [-0.25, -0.2) is 0 Å². The maximum atomic E-state index is 14.1. The molecule has 2 atom stereocenters. The van der Waals surface area contributed by atoms with E-state index in [2.05, 4.69) is 0 Å². The van der Waals surface area contributed by atoms with Gasteiger partial charge in [-0.3, -0.25) is 0 Å². The molecule has 0 bridgehead atoms. The molecular weight excluding hydrogens is 782 g/mol. The Kier molecular flexibility index (Phi) is 11.2. The molecule has 0 saturated heterocycles. The molecule has 0 fully saturated rings. The number of allylic oxidation sites excluding steroid dienone is 10. The minimum absolute atomic E-state index is 0.127. The van der Waals surface area contributed by atoms with E-state index in [1.165, 1.54) is 6.92 Å². The predicted octanol–water partition coefficient (Wildman–Crippen LogP) is 12.0. The highest BCUT2D eigenvalue weighted by Gasteiger charge is 2.42. The molecular formula is C41H28F12P2. The molecule has 1 unspecified atom stereocenters. The van der Waals surface area contributed by atoms with Gasteiger partial charge in [0.05, 0.1) is 22.3 Å². The second-order valence-corrected chi connectivity index (χ2v) is 17.5. The number of rotatable bonds is 7. The summed E-state index contributed by atoms with van der Waals surface area (Å²) in [5, 5.41) is 0.588. The zero-order valence-electron chi connectivity index (χ0n) is 28.4. The fourth-order valence-corrected chi connectivity index (χ4v) is 12.1. The summed E-state index contributed by atoms with van der Waals surface area (Å²) in [6.07, 6.45) is -9.09. The molecule has 2 aliphatic rings. The molecule has 4 aromatic carbocycles. The van der Waals surface area contributed by atoms with Gasteiger partial charge in [-0.15, -0.1) is 0 Å². The Morgan fingerprint density at radius 1 is 0.491 bits per heavy atom. The normalized spacial score (nSPS) is 18.4. The Balaban J connectivity index is 1.59. The molecule has 0 radical (unpaired) electrons. The summed E-state index contributed by atoms with van der Waals surface area (Å²) < 4.78 is 170. The molecule has 0 N–H and O–H groups in total. The van der Waals surface area contributed by atoms with Gasteiger partial charge in [-0.1, -0.05) is 110 Å². The highest BCUT2D eigenvalue weighted by atomic mass is 31.1. The van der Waals surface area contributed by atoms with Crippen LogP contribution in [0.3, 0.4) is 0 Å². The summed E-state index contributed by atoms with van der Waals surface area (Å²) in [5.41, 5.74) is -6.94. The van der Waals surface area contributed by atoms with Gasteiger partial charge in [-0.05, 0) is 90.2 Å². The zero-order valence-corrected chi connectivity index (χ0v) is 30.2. The Labute approximate surface area is 310 Å². The van der Waals surface area contributed by atoms with Crippen molar-refractivity contribution in [3.8, 4) is 0 Å². The van der Waals surface area contributed by atoms with Crippen LogP contribution < -0.4 is 21.2 Å². The maximum absolute atomic E-state index is 14.1. The van der Waals surface area contributed by atoms with Crippen LogP contribution in [0.25, 0.3) is 0 Å². The Morgan fingerprint density at radius 3 is 1.31 bits per heavy atom. The zero-order chi connectivity index (χ0) is 39.9. The number of alkyl halides is 12. The maximum Gasteiger partial charge on any atom is 0.416 e. The van der Waals surface area contributed by atoms with Gasteiger partial charge < -0.3 is 0 Å². The van der Waals surface area contributed by atoms with Crippen molar-refractivity contribution in [2.45, 2.75) is 42.9 Å². The van der Waals surface area contributed by atoms with Crippen molar-refractivity contribution < 1.29 is 52.7 Å². The summed E-state index contributed by atoms with van der Waals surface area (Å²) >= 11 is 0. The van der Waals surface area contributed by atoms with Crippen LogP contribution in [0.4, 0.5) is 52.7 Å². The van der Waals surface area contributed by atoms with Crippen LogP contribution in [0.15, 0.2) is 156 Å². The van der Waals surface area contributed by atoms with E-state index in [0.717, 1.165) is 10.6 Å². The van der Waals surface area contributed by atoms with E-state index in [0.29, 0.717) is 41.0 Å². The topological polar surface area (TPSA) is 0 Å². The Bertz CT molecular complexity index is 2010. The molecule has 0 aliphatic heterocycles. The van der Waals surface area contributed by atoms with Crippen LogP contribution in [0.2, 0.25) is 0 Å². The van der Waals surface area contributed by atoms with Crippen LogP contribution in [-0.2, 0) is 24.7 Å². The molecule has 0 aromatic heterocycles. The van der Waals surface area contributed by atoms with Gasteiger partial charge >= 0.3 is 24.7 Å². The third kappa shape index (κ3) is 8.86. The van der Waals surface area contributed by atoms with Crippen molar-refractivity contribution in [3.05, 3.63) is 179 Å². The van der Waals surface area contributed by atoms with Crippen molar-refractivity contribution in [1.82, 2.24) is 0 Å². The lowest BCUT2D eigenvalue weighted by molar-refractivity contribution is -0.144. The highest BCUT2D eigenvalue weighted by Crippen LogP contribution is 2.52. The lowest BCUT2D eigenvalue weighted by Gasteiger charge is -2.33. The first kappa shape index (κ1) is 40.3. The second kappa shape index (κ2) is 15.3. The molecule has 14 heteroatoms. The summed E-state index contributed by atoms with van der Waals surface area (Å²) in [7, 11) is -4.01. The van der Waals surface area contributed by atoms with Gasteiger partial charge in [0, 0.05) is 11.3 Å². The quantitative estimate of drug-likeness (QED) is 0.129. The molecule has 55 heavy (non-hydrogen) atoms. The molecule has 0 nitrogen and oxygen atoms in total. The number of benzene rings is 4. The minimum atomic E-state index is -5.33. The standard InChI is InChI=1S/C41H28F12P2/c1-25(34-16-10-17-35(34)36-15-8-9-18-37(36)55(30-11-4-2-5-12-30)31-13-6-3-7-14-31)54(32-21-26(38(42,43)44)19-27(22-32)39(45,46)47)33-23-28(40(48,49)50)20-29(24-33)41(51,52)53/h2-25,37H,1H3/b36-35-/t25-,37?/m0/s1. The lowest BCUT2D eigenvalue weighted by atomic mass is 9.95. The first-order valence-corrected chi connectivity index (χ1v) is 19.3. The summed E-state index contributed by atoms with van der Waals surface area (Å²) in [6.45, 7) is 1.40. The van der Waals surface area contributed by atoms with E-state index in [9.17, 15) is 52.7 Å². The van der Waals surface area contributed by atoms with Gasteiger partial charge in [-0.2, -0.15) is 52.7 Å². The average Bonchev–Trinajstić information content (AvgIpc) is 3.61. The van der Waals surface area contributed by atoms with E-state index in [1.807, 2.05) is 78.9 Å². The molecule has 4 aromatic rings. The highest BCUT2D eigenvalue weighted by molar-refractivity contribution is 7.74. The van der Waals surface area contributed by atoms with E-state index in [4.69, 9.17) is 0 Å². The average molecular weight is 811 g/mol. The summed E-state index contributed by atoms with van der Waals surface area (Å²) in [4.78, 5) is 0. The number of halogens is 12. The number of hydrogen-bond acceptors (Lipinski definition) is 0. The Hall–Kier alpha value is -4.40. The van der Waals surface area contributed by atoms with E-state index >= 15 is 0 Å².